The molecule has 1 aromatic carbocycles. The Morgan fingerprint density at radius 3 is 2.19 bits per heavy atom. The molecule has 1 atom stereocenters. The van der Waals surface area contributed by atoms with Gasteiger partial charge < -0.3 is 28.4 Å². The van der Waals surface area contributed by atoms with E-state index in [-0.39, 0.29) is 0 Å². The first kappa shape index (κ1) is 21.5. The third kappa shape index (κ3) is 6.78. The minimum atomic E-state index is -0.878. The Morgan fingerprint density at radius 2 is 1.69 bits per heavy atom. The molecule has 1 rings (SSSR count). The molecule has 7 heteroatoms. The second kappa shape index (κ2) is 11.9. The predicted molar refractivity (Wildman–Crippen MR) is 97.4 cm³/mol. The molecule has 144 valence electrons. The summed E-state index contributed by atoms with van der Waals surface area (Å²) >= 11 is 0. The summed E-state index contributed by atoms with van der Waals surface area (Å²) in [5, 5.41) is 0. The van der Waals surface area contributed by atoms with E-state index >= 15 is 0 Å². The van der Waals surface area contributed by atoms with E-state index < -0.39 is 12.4 Å². The Bertz CT molecular complexity index is 597. The number of carbonyl (C=O) groups is 1. The minimum absolute atomic E-state index is 0.340. The Balaban J connectivity index is 3.02. The van der Waals surface area contributed by atoms with Gasteiger partial charge in [0.25, 0.3) is 0 Å². The topological polar surface area (TPSA) is 72.5 Å². The SMILES string of the molecule is CCOC(=O)/C=C/C=C/c1cc(OC)c(O[C@@H](OC)OCC)c(OC)c1. The average molecular weight is 366 g/mol. The fourth-order valence-electron chi connectivity index (χ4n) is 1.99. The molecule has 0 amide bonds. The van der Waals surface area contributed by atoms with E-state index in [9.17, 15) is 4.79 Å². The van der Waals surface area contributed by atoms with E-state index in [0.717, 1.165) is 5.56 Å². The van der Waals surface area contributed by atoms with Crippen molar-refractivity contribution in [2.45, 2.75) is 20.3 Å². The lowest BCUT2D eigenvalue weighted by Gasteiger charge is -2.20. The third-order valence-corrected chi connectivity index (χ3v) is 3.11. The van der Waals surface area contributed by atoms with Crippen LogP contribution < -0.4 is 14.2 Å². The van der Waals surface area contributed by atoms with Crippen molar-refractivity contribution in [3.63, 3.8) is 0 Å². The highest BCUT2D eigenvalue weighted by Crippen LogP contribution is 2.39. The summed E-state index contributed by atoms with van der Waals surface area (Å²) in [5.74, 6) is 0.896. The quantitative estimate of drug-likeness (QED) is 0.258. The van der Waals surface area contributed by atoms with E-state index in [1.54, 1.807) is 37.3 Å². The molecule has 0 aromatic heterocycles. The van der Waals surface area contributed by atoms with Crippen molar-refractivity contribution in [2.75, 3.05) is 34.5 Å². The summed E-state index contributed by atoms with van der Waals surface area (Å²) in [5.41, 5.74) is 0.796. The van der Waals surface area contributed by atoms with E-state index in [0.29, 0.717) is 30.5 Å². The van der Waals surface area contributed by atoms with Crippen molar-refractivity contribution in [3.05, 3.63) is 35.9 Å². The summed E-state index contributed by atoms with van der Waals surface area (Å²) in [4.78, 5) is 11.3. The third-order valence-electron chi connectivity index (χ3n) is 3.11. The van der Waals surface area contributed by atoms with Crippen molar-refractivity contribution in [3.8, 4) is 17.2 Å². The van der Waals surface area contributed by atoms with Crippen LogP contribution in [0.2, 0.25) is 0 Å². The van der Waals surface area contributed by atoms with Crippen LogP contribution >= 0.6 is 0 Å². The zero-order valence-electron chi connectivity index (χ0n) is 15.8. The van der Waals surface area contributed by atoms with Gasteiger partial charge in [-0.2, -0.15) is 0 Å². The summed E-state index contributed by atoms with van der Waals surface area (Å²) in [6.07, 6.45) is 6.44. The Morgan fingerprint density at radius 1 is 1.04 bits per heavy atom. The molecule has 0 fully saturated rings. The molecule has 1 aromatic rings. The van der Waals surface area contributed by atoms with E-state index in [4.69, 9.17) is 28.4 Å². The van der Waals surface area contributed by atoms with Gasteiger partial charge in [-0.05, 0) is 31.5 Å². The lowest BCUT2D eigenvalue weighted by Crippen LogP contribution is -2.23. The molecule has 7 nitrogen and oxygen atoms in total. The molecule has 0 radical (unpaired) electrons. The second-order valence-corrected chi connectivity index (χ2v) is 4.82. The molecule has 0 N–H and O–H groups in total. The van der Waals surface area contributed by atoms with Crippen molar-refractivity contribution in [1.82, 2.24) is 0 Å². The number of allylic oxidation sites excluding steroid dienone is 2. The number of methoxy groups -OCH3 is 3. The second-order valence-electron chi connectivity index (χ2n) is 4.82. The molecule has 0 aliphatic heterocycles. The zero-order chi connectivity index (χ0) is 19.4. The molecule has 0 aliphatic rings. The van der Waals surface area contributed by atoms with Gasteiger partial charge >= 0.3 is 12.4 Å². The van der Waals surface area contributed by atoms with Crippen molar-refractivity contribution >= 4 is 12.0 Å². The van der Waals surface area contributed by atoms with E-state index in [2.05, 4.69) is 0 Å². The normalized spacial score (nSPS) is 12.3. The fourth-order valence-corrected chi connectivity index (χ4v) is 1.99. The van der Waals surface area contributed by atoms with Gasteiger partial charge in [0.05, 0.1) is 27.4 Å². The van der Waals surface area contributed by atoms with Crippen LogP contribution in [0.25, 0.3) is 6.08 Å². The van der Waals surface area contributed by atoms with Crippen LogP contribution in [0.3, 0.4) is 0 Å². The van der Waals surface area contributed by atoms with Gasteiger partial charge in [0.15, 0.2) is 11.5 Å². The van der Waals surface area contributed by atoms with Gasteiger partial charge in [-0.1, -0.05) is 18.2 Å². The zero-order valence-corrected chi connectivity index (χ0v) is 15.8. The maximum atomic E-state index is 11.3. The van der Waals surface area contributed by atoms with Crippen LogP contribution in [0, 0.1) is 0 Å². The number of rotatable bonds is 11. The molecule has 0 saturated carbocycles. The van der Waals surface area contributed by atoms with Gasteiger partial charge in [-0.25, -0.2) is 4.79 Å². The number of hydrogen-bond donors (Lipinski definition) is 0. The standard InChI is InChI=1S/C19H26O7/c1-6-24-17(20)11-9-8-10-14-12-15(21-3)18(16(13-14)22-4)26-19(23-5)25-7-2/h8-13,19H,6-7H2,1-5H3/b10-8+,11-9+/t19-/m0/s1. The van der Waals surface area contributed by atoms with Gasteiger partial charge in [0.1, 0.15) is 0 Å². The van der Waals surface area contributed by atoms with Crippen LogP contribution in [0.4, 0.5) is 0 Å². The highest BCUT2D eigenvalue weighted by atomic mass is 16.8. The van der Waals surface area contributed by atoms with Crippen LogP contribution in [0.15, 0.2) is 30.4 Å². The highest BCUT2D eigenvalue weighted by Gasteiger charge is 2.18. The van der Waals surface area contributed by atoms with Crippen molar-refractivity contribution in [2.24, 2.45) is 0 Å². The first-order valence-corrected chi connectivity index (χ1v) is 8.18. The molecule has 0 heterocycles. The molecule has 26 heavy (non-hydrogen) atoms. The predicted octanol–water partition coefficient (Wildman–Crippen LogP) is 3.18. The van der Waals surface area contributed by atoms with E-state index in [1.165, 1.54) is 27.4 Å². The number of ether oxygens (including phenoxy) is 6. The summed E-state index contributed by atoms with van der Waals surface area (Å²) in [6, 6.07) is 3.54. The molecule has 0 saturated heterocycles. The highest BCUT2D eigenvalue weighted by molar-refractivity contribution is 5.82. The van der Waals surface area contributed by atoms with E-state index in [1.807, 2.05) is 6.92 Å². The van der Waals surface area contributed by atoms with Crippen LogP contribution in [-0.4, -0.2) is 47.0 Å². The van der Waals surface area contributed by atoms with Crippen LogP contribution in [-0.2, 0) is 19.0 Å². The maximum Gasteiger partial charge on any atom is 0.330 e. The van der Waals surface area contributed by atoms with Gasteiger partial charge in [0, 0.05) is 13.2 Å². The average Bonchev–Trinajstić information content (AvgIpc) is 2.65. The number of carbonyl (C=O) groups excluding carboxylic acids is 1. The Kier molecular flexibility index (Phi) is 9.89. The van der Waals surface area contributed by atoms with Crippen LogP contribution in [0.5, 0.6) is 17.2 Å². The largest absolute Gasteiger partial charge is 0.493 e. The molecular weight excluding hydrogens is 340 g/mol. The monoisotopic (exact) mass is 366 g/mol. The van der Waals surface area contributed by atoms with Crippen LogP contribution in [0.1, 0.15) is 19.4 Å². The fraction of sp³-hybridized carbons (Fsp3) is 0.421. The Hall–Kier alpha value is -2.51. The number of esters is 1. The first-order chi connectivity index (χ1) is 12.6. The molecule has 0 unspecified atom stereocenters. The lowest BCUT2D eigenvalue weighted by atomic mass is 10.1. The molecule has 0 spiro atoms. The smallest absolute Gasteiger partial charge is 0.330 e. The summed E-state index contributed by atoms with van der Waals surface area (Å²) in [6.45, 7) is 3.48. The number of benzene rings is 1. The van der Waals surface area contributed by atoms with Gasteiger partial charge in [-0.3, -0.25) is 0 Å². The summed E-state index contributed by atoms with van der Waals surface area (Å²) in [7, 11) is 4.53. The van der Waals surface area contributed by atoms with Crippen molar-refractivity contribution < 1.29 is 33.2 Å². The molecular formula is C19H26O7. The summed E-state index contributed by atoms with van der Waals surface area (Å²) < 4.78 is 31.7. The molecule has 0 aliphatic carbocycles. The Labute approximate surface area is 154 Å². The number of hydrogen-bond acceptors (Lipinski definition) is 7. The van der Waals surface area contributed by atoms with Gasteiger partial charge in [0.2, 0.25) is 5.75 Å². The first-order valence-electron chi connectivity index (χ1n) is 8.18. The lowest BCUT2D eigenvalue weighted by molar-refractivity contribution is -0.231. The maximum absolute atomic E-state index is 11.3. The molecule has 0 bridgehead atoms. The van der Waals surface area contributed by atoms with Crippen molar-refractivity contribution in [1.29, 1.82) is 0 Å². The minimum Gasteiger partial charge on any atom is -0.493 e. The van der Waals surface area contributed by atoms with Gasteiger partial charge in [-0.15, -0.1) is 0 Å².